The van der Waals surface area contributed by atoms with Crippen LogP contribution in [0.5, 0.6) is 5.75 Å². The number of halogens is 1. The monoisotopic (exact) mass is 992 g/mol. The molecule has 0 aliphatic heterocycles. The highest BCUT2D eigenvalue weighted by Crippen LogP contribution is 2.37. The van der Waals surface area contributed by atoms with E-state index in [1.165, 1.54) is 10.4 Å². The maximum absolute atomic E-state index is 13.6. The SMILES string of the molecule is COc1ccc(CO[C@H](CO[Si](c2ccccc2)(c2ccccc2)C(C)(C)C)Cc2nc([C@@H](C)C[C@H](CC(=O)O[C@@H](C)C/C(C)=C/I)N[S@](=O)c3ccc(C)cc3)cs2)cc1. The van der Waals surface area contributed by atoms with Crippen LogP contribution in [0.4, 0.5) is 0 Å². The Hall–Kier alpha value is -3.50. The van der Waals surface area contributed by atoms with Gasteiger partial charge >= 0.3 is 5.97 Å². The number of methoxy groups -OCH3 is 1. The average Bonchev–Trinajstić information content (AvgIpc) is 3.72. The Morgan fingerprint density at radius 1 is 0.918 bits per heavy atom. The van der Waals surface area contributed by atoms with Gasteiger partial charge in [-0.2, -0.15) is 0 Å². The fraction of sp³-hybridized carbons (Fsp3) is 0.388. The van der Waals surface area contributed by atoms with Gasteiger partial charge in [0.25, 0.3) is 8.32 Å². The molecule has 12 heteroatoms. The molecule has 1 heterocycles. The topological polar surface area (TPSA) is 96.0 Å². The summed E-state index contributed by atoms with van der Waals surface area (Å²) in [5.74, 6) is 0.430. The van der Waals surface area contributed by atoms with Crippen LogP contribution in [-0.2, 0) is 42.7 Å². The van der Waals surface area contributed by atoms with Crippen molar-refractivity contribution in [2.75, 3.05) is 13.7 Å². The molecule has 0 saturated carbocycles. The van der Waals surface area contributed by atoms with E-state index in [0.717, 1.165) is 33.2 Å². The number of carbonyl (C=O) groups excluding carboxylic acids is 1. The summed E-state index contributed by atoms with van der Waals surface area (Å²) in [6.07, 6.45) is 1.27. The van der Waals surface area contributed by atoms with Crippen LogP contribution in [0.2, 0.25) is 5.04 Å². The van der Waals surface area contributed by atoms with E-state index >= 15 is 0 Å². The lowest BCUT2D eigenvalue weighted by Crippen LogP contribution is -2.67. The molecule has 5 atom stereocenters. The highest BCUT2D eigenvalue weighted by molar-refractivity contribution is 14.1. The predicted molar refractivity (Wildman–Crippen MR) is 261 cm³/mol. The van der Waals surface area contributed by atoms with Crippen LogP contribution in [-0.4, -0.2) is 55.4 Å². The van der Waals surface area contributed by atoms with E-state index < -0.39 is 25.3 Å². The van der Waals surface area contributed by atoms with Crippen LogP contribution >= 0.6 is 33.9 Å². The summed E-state index contributed by atoms with van der Waals surface area (Å²) < 4.78 is 44.2. The Bertz CT molecular complexity index is 2120. The summed E-state index contributed by atoms with van der Waals surface area (Å²) in [5, 5.41) is 5.27. The van der Waals surface area contributed by atoms with Gasteiger partial charge < -0.3 is 18.6 Å². The first-order chi connectivity index (χ1) is 29.2. The summed E-state index contributed by atoms with van der Waals surface area (Å²) in [6.45, 7) is 15.7. The van der Waals surface area contributed by atoms with Crippen LogP contribution in [0.25, 0.3) is 0 Å². The van der Waals surface area contributed by atoms with Crippen LogP contribution in [0, 0.1) is 6.92 Å². The minimum absolute atomic E-state index is 0.0426. The van der Waals surface area contributed by atoms with Crippen molar-refractivity contribution < 1.29 is 27.6 Å². The molecule has 0 radical (unpaired) electrons. The number of ether oxygens (including phenoxy) is 3. The normalized spacial score (nSPS) is 14.8. The number of nitrogens with one attached hydrogen (secondary N) is 1. The zero-order chi connectivity index (χ0) is 44.0. The zero-order valence-corrected chi connectivity index (χ0v) is 41.5. The van der Waals surface area contributed by atoms with Gasteiger partial charge in [0.15, 0.2) is 0 Å². The minimum Gasteiger partial charge on any atom is -0.497 e. The third kappa shape index (κ3) is 14.0. The van der Waals surface area contributed by atoms with Gasteiger partial charge in [0.2, 0.25) is 0 Å². The number of benzene rings is 4. The number of carbonyl (C=O) groups is 1. The van der Waals surface area contributed by atoms with E-state index in [0.29, 0.717) is 37.4 Å². The molecule has 0 aliphatic carbocycles. The van der Waals surface area contributed by atoms with Crippen LogP contribution in [0.1, 0.15) is 88.6 Å². The summed E-state index contributed by atoms with van der Waals surface area (Å²) in [4.78, 5) is 19.1. The number of aromatic nitrogens is 1. The second kappa shape index (κ2) is 23.3. The van der Waals surface area contributed by atoms with Crippen molar-refractivity contribution in [3.63, 3.8) is 0 Å². The minimum atomic E-state index is -2.84. The van der Waals surface area contributed by atoms with Crippen LogP contribution in [0.15, 0.2) is 129 Å². The van der Waals surface area contributed by atoms with Crippen molar-refractivity contribution in [1.82, 2.24) is 9.71 Å². The highest BCUT2D eigenvalue weighted by Gasteiger charge is 2.50. The molecule has 5 aromatic rings. The number of aryl methyl sites for hydroxylation is 1. The molecule has 0 fully saturated rings. The van der Waals surface area contributed by atoms with E-state index in [1.54, 1.807) is 18.4 Å². The summed E-state index contributed by atoms with van der Waals surface area (Å²) in [5.41, 5.74) is 4.18. The van der Waals surface area contributed by atoms with Gasteiger partial charge in [-0.15, -0.1) is 11.3 Å². The molecule has 4 aromatic carbocycles. The Morgan fingerprint density at radius 2 is 1.54 bits per heavy atom. The molecule has 0 unspecified atom stereocenters. The van der Waals surface area contributed by atoms with E-state index in [9.17, 15) is 9.00 Å². The van der Waals surface area contributed by atoms with Gasteiger partial charge in [-0.3, -0.25) is 4.79 Å². The molecule has 0 amide bonds. The number of rotatable bonds is 22. The first-order valence-corrected chi connectivity index (χ1v) is 26.0. The molecular weight excluding hydrogens is 932 g/mol. The molecule has 326 valence electrons. The predicted octanol–water partition coefficient (Wildman–Crippen LogP) is 10.4. The van der Waals surface area contributed by atoms with Crippen molar-refractivity contribution in [3.8, 4) is 5.75 Å². The number of nitrogens with zero attached hydrogens (tertiary/aromatic N) is 1. The van der Waals surface area contributed by atoms with E-state index in [4.69, 9.17) is 23.6 Å². The average molecular weight is 993 g/mol. The lowest BCUT2D eigenvalue weighted by atomic mass is 9.98. The van der Waals surface area contributed by atoms with E-state index in [-0.39, 0.29) is 35.6 Å². The van der Waals surface area contributed by atoms with Crippen molar-refractivity contribution in [3.05, 3.63) is 146 Å². The molecular formula is C49H61IN2O6S2Si. The van der Waals surface area contributed by atoms with Gasteiger partial charge in [-0.05, 0) is 76.5 Å². The second-order valence-electron chi connectivity index (χ2n) is 16.8. The van der Waals surface area contributed by atoms with Gasteiger partial charge in [0, 0.05) is 30.2 Å². The zero-order valence-electron chi connectivity index (χ0n) is 36.7. The smallest absolute Gasteiger partial charge is 0.307 e. The molecule has 1 aromatic heterocycles. The third-order valence-electron chi connectivity index (χ3n) is 10.7. The van der Waals surface area contributed by atoms with Gasteiger partial charge in [-0.1, -0.05) is 146 Å². The molecule has 61 heavy (non-hydrogen) atoms. The van der Waals surface area contributed by atoms with Crippen LogP contribution in [0.3, 0.4) is 0 Å². The molecule has 0 spiro atoms. The van der Waals surface area contributed by atoms with Crippen molar-refractivity contribution in [2.24, 2.45) is 0 Å². The van der Waals surface area contributed by atoms with Gasteiger partial charge in [0.05, 0.1) is 48.4 Å². The fourth-order valence-corrected chi connectivity index (χ4v) is 14.4. The summed E-state index contributed by atoms with van der Waals surface area (Å²) in [7, 11) is -2.70. The summed E-state index contributed by atoms with van der Waals surface area (Å²) >= 11 is 3.81. The summed E-state index contributed by atoms with van der Waals surface area (Å²) in [6, 6.07) is 36.4. The number of esters is 1. The Morgan fingerprint density at radius 3 is 2.11 bits per heavy atom. The maximum atomic E-state index is 13.6. The largest absolute Gasteiger partial charge is 0.497 e. The second-order valence-corrected chi connectivity index (χ2v) is 23.9. The van der Waals surface area contributed by atoms with E-state index in [1.807, 2.05) is 73.4 Å². The Kier molecular flexibility index (Phi) is 18.5. The lowest BCUT2D eigenvalue weighted by molar-refractivity contribution is -0.148. The van der Waals surface area contributed by atoms with Gasteiger partial charge in [-0.25, -0.2) is 13.9 Å². The first kappa shape index (κ1) is 48.5. The van der Waals surface area contributed by atoms with Crippen LogP contribution < -0.4 is 19.8 Å². The van der Waals surface area contributed by atoms with Gasteiger partial charge in [0.1, 0.15) is 22.8 Å². The fourth-order valence-electron chi connectivity index (χ4n) is 7.54. The molecule has 1 N–H and O–H groups in total. The quantitative estimate of drug-likeness (QED) is 0.0419. The standard InChI is InChI=1S/C49H61IN2O6S2Si/c1-35-19-25-43(26-20-35)60(54)52-40(29-48(53)58-38(4)27-36(2)31-50)28-37(3)46-34-59-47(51-46)30-42(56-32-39-21-23-41(55-8)24-22-39)33-57-61(49(5,6)7,44-15-11-9-12-16-44)45-17-13-10-14-18-45/h9-26,31,34,37-38,40,42,52H,27-30,32-33H2,1-8H3/b36-31+/t37-,38-,40+,42-,60+/m0/s1. The van der Waals surface area contributed by atoms with Crippen molar-refractivity contribution in [1.29, 1.82) is 0 Å². The Labute approximate surface area is 384 Å². The van der Waals surface area contributed by atoms with E-state index in [2.05, 4.69) is 121 Å². The first-order valence-electron chi connectivity index (χ1n) is 20.8. The molecule has 5 rings (SSSR count). The van der Waals surface area contributed by atoms with Crippen molar-refractivity contribution >= 4 is 69.6 Å². The molecule has 0 aliphatic rings. The molecule has 0 saturated heterocycles. The van der Waals surface area contributed by atoms with Crippen molar-refractivity contribution in [2.45, 2.75) is 115 Å². The lowest BCUT2D eigenvalue weighted by Gasteiger charge is -2.43. The number of thiazole rings is 1. The third-order valence-corrected chi connectivity index (χ3v) is 18.9. The maximum Gasteiger partial charge on any atom is 0.307 e. The Balaban J connectivity index is 1.37. The molecule has 0 bridgehead atoms. The highest BCUT2D eigenvalue weighted by atomic mass is 127. The number of hydrogen-bond donors (Lipinski definition) is 1. The number of hydrogen-bond acceptors (Lipinski definition) is 8. The molecule has 8 nitrogen and oxygen atoms in total.